The summed E-state index contributed by atoms with van der Waals surface area (Å²) in [6, 6.07) is 23.4. The number of nitrogens with zero attached hydrogens (tertiary/aromatic N) is 1. The number of rotatable bonds is 9. The van der Waals surface area contributed by atoms with Gasteiger partial charge in [0, 0.05) is 7.05 Å². The molecule has 0 aliphatic carbocycles. The van der Waals surface area contributed by atoms with Crippen LogP contribution in [0.15, 0.2) is 84.9 Å². The molecule has 0 saturated heterocycles. The van der Waals surface area contributed by atoms with Gasteiger partial charge in [0.2, 0.25) is 0 Å². The summed E-state index contributed by atoms with van der Waals surface area (Å²) in [5.41, 5.74) is 5.28. The topological polar surface area (TPSA) is 15.3 Å². The highest BCUT2D eigenvalue weighted by atomic mass is 19.4. The summed E-state index contributed by atoms with van der Waals surface area (Å²) in [7, 11) is 1.28. The first-order chi connectivity index (χ1) is 19.3. The Hall–Kier alpha value is -3.94. The highest BCUT2D eigenvalue weighted by Gasteiger charge is 2.36. The predicted molar refractivity (Wildman–Crippen MR) is 152 cm³/mol. The van der Waals surface area contributed by atoms with E-state index in [-0.39, 0.29) is 11.4 Å². The fraction of sp³-hybridized carbons (Fsp3) is 0.273. The van der Waals surface area contributed by atoms with Crippen molar-refractivity contribution in [2.75, 3.05) is 17.5 Å². The monoisotopic (exact) mass is 570 g/mol. The summed E-state index contributed by atoms with van der Waals surface area (Å²) in [5, 5.41) is 0.989. The summed E-state index contributed by atoms with van der Waals surface area (Å²) < 4.78 is 84.3. The van der Waals surface area contributed by atoms with Crippen molar-refractivity contribution >= 4 is 11.4 Å². The molecule has 2 nitrogen and oxygen atoms in total. The van der Waals surface area contributed by atoms with E-state index in [2.05, 4.69) is 5.43 Å². The van der Waals surface area contributed by atoms with E-state index in [4.69, 9.17) is 0 Å². The quantitative estimate of drug-likeness (QED) is 0.159. The fourth-order valence-corrected chi connectivity index (χ4v) is 4.66. The van der Waals surface area contributed by atoms with Gasteiger partial charge < -0.3 is 0 Å². The van der Waals surface area contributed by atoms with Crippen molar-refractivity contribution in [1.29, 1.82) is 0 Å². The standard InChI is InChI=1S/C33H32F6N2/c1-22-4-8-24(9-5-22)12-14-26-16-18-30(28(20-26)32(34,35)36)40-41(3)31-19-17-27(21-29(31)33(37,38)39)15-13-25-10-6-23(2)7-11-25/h4-11,16-21,40H,12-15H2,1-3H3. The number of benzene rings is 4. The zero-order valence-electron chi connectivity index (χ0n) is 23.1. The molecular formula is C33H32F6N2. The van der Waals surface area contributed by atoms with Crippen molar-refractivity contribution < 1.29 is 26.3 Å². The first-order valence-electron chi connectivity index (χ1n) is 13.3. The van der Waals surface area contributed by atoms with E-state index >= 15 is 0 Å². The second kappa shape index (κ2) is 12.3. The molecule has 216 valence electrons. The minimum absolute atomic E-state index is 0.270. The first kappa shape index (κ1) is 30.0. The van der Waals surface area contributed by atoms with Crippen LogP contribution >= 0.6 is 0 Å². The molecule has 0 saturated carbocycles. The van der Waals surface area contributed by atoms with Gasteiger partial charge >= 0.3 is 12.4 Å². The van der Waals surface area contributed by atoms with Gasteiger partial charge in [-0.25, -0.2) is 0 Å². The normalized spacial score (nSPS) is 11.9. The van der Waals surface area contributed by atoms with E-state index in [9.17, 15) is 26.3 Å². The Morgan fingerprint density at radius 1 is 0.537 bits per heavy atom. The molecule has 0 fully saturated rings. The summed E-state index contributed by atoms with van der Waals surface area (Å²) in [6.45, 7) is 3.92. The lowest BCUT2D eigenvalue weighted by Crippen LogP contribution is -2.29. The lowest BCUT2D eigenvalue weighted by Gasteiger charge is -2.27. The largest absolute Gasteiger partial charge is 0.418 e. The van der Waals surface area contributed by atoms with Gasteiger partial charge in [-0.2, -0.15) is 26.3 Å². The first-order valence-corrected chi connectivity index (χ1v) is 13.3. The number of hydrogen-bond acceptors (Lipinski definition) is 2. The van der Waals surface area contributed by atoms with Gasteiger partial charge in [0.1, 0.15) is 0 Å². The summed E-state index contributed by atoms with van der Waals surface area (Å²) in [5.74, 6) is 0. The van der Waals surface area contributed by atoms with Crippen LogP contribution in [0, 0.1) is 13.8 Å². The molecule has 8 heteroatoms. The Balaban J connectivity index is 1.54. The molecule has 4 aromatic carbocycles. The molecule has 0 bridgehead atoms. The summed E-state index contributed by atoms with van der Waals surface area (Å²) in [6.07, 6.45) is -7.48. The van der Waals surface area contributed by atoms with Crippen LogP contribution in [-0.4, -0.2) is 7.05 Å². The third-order valence-corrected chi connectivity index (χ3v) is 7.05. The van der Waals surface area contributed by atoms with Gasteiger partial charge in [-0.1, -0.05) is 71.8 Å². The van der Waals surface area contributed by atoms with Crippen molar-refractivity contribution in [1.82, 2.24) is 0 Å². The van der Waals surface area contributed by atoms with Gasteiger partial charge in [0.25, 0.3) is 0 Å². The third kappa shape index (κ3) is 8.06. The molecule has 0 radical (unpaired) electrons. The highest BCUT2D eigenvalue weighted by Crippen LogP contribution is 2.39. The average molecular weight is 571 g/mol. The molecule has 0 aromatic heterocycles. The van der Waals surface area contributed by atoms with Crippen LogP contribution < -0.4 is 10.4 Å². The Morgan fingerprint density at radius 3 is 1.39 bits per heavy atom. The smallest absolute Gasteiger partial charge is 0.298 e. The number of halogens is 6. The van der Waals surface area contributed by atoms with Gasteiger partial charge in [-0.3, -0.25) is 10.4 Å². The maximum Gasteiger partial charge on any atom is 0.418 e. The molecule has 41 heavy (non-hydrogen) atoms. The van der Waals surface area contributed by atoms with E-state index < -0.39 is 23.5 Å². The zero-order valence-corrected chi connectivity index (χ0v) is 23.1. The van der Waals surface area contributed by atoms with Crippen LogP contribution in [0.2, 0.25) is 0 Å². The number of hydrogen-bond donors (Lipinski definition) is 1. The Bertz CT molecular complexity index is 1460. The van der Waals surface area contributed by atoms with Gasteiger partial charge in [-0.05, 0) is 86.1 Å². The summed E-state index contributed by atoms with van der Waals surface area (Å²) in [4.78, 5) is 0. The van der Waals surface area contributed by atoms with Crippen LogP contribution in [0.5, 0.6) is 0 Å². The SMILES string of the molecule is Cc1ccc(CCc2ccc(NN(C)c3ccc(CCc4ccc(C)cc4)cc3C(F)(F)F)c(C(F)(F)F)c2)cc1. The maximum atomic E-state index is 14.1. The molecule has 0 aliphatic heterocycles. The molecule has 0 spiro atoms. The minimum atomic E-state index is -4.70. The molecule has 0 aliphatic rings. The van der Waals surface area contributed by atoms with Gasteiger partial charge in [0.05, 0.1) is 22.5 Å². The Morgan fingerprint density at radius 2 is 0.927 bits per heavy atom. The molecule has 4 aromatic rings. The molecular weight excluding hydrogens is 538 g/mol. The minimum Gasteiger partial charge on any atom is -0.298 e. The van der Waals surface area contributed by atoms with Crippen LogP contribution in [0.1, 0.15) is 44.5 Å². The van der Waals surface area contributed by atoms with E-state index in [1.54, 1.807) is 12.1 Å². The maximum absolute atomic E-state index is 14.1. The molecule has 0 heterocycles. The van der Waals surface area contributed by atoms with Crippen LogP contribution in [0.4, 0.5) is 37.7 Å². The van der Waals surface area contributed by atoms with Crippen molar-refractivity contribution in [2.45, 2.75) is 51.9 Å². The third-order valence-electron chi connectivity index (χ3n) is 7.05. The Labute approximate surface area is 236 Å². The predicted octanol–water partition coefficient (Wildman–Crippen LogP) is 9.37. The van der Waals surface area contributed by atoms with Crippen LogP contribution in [0.3, 0.4) is 0 Å². The van der Waals surface area contributed by atoms with Crippen molar-refractivity contribution in [3.63, 3.8) is 0 Å². The second-order valence-electron chi connectivity index (χ2n) is 10.4. The molecule has 0 atom stereocenters. The van der Waals surface area contributed by atoms with Crippen molar-refractivity contribution in [3.05, 3.63) is 129 Å². The van der Waals surface area contributed by atoms with Gasteiger partial charge in [-0.15, -0.1) is 0 Å². The lowest BCUT2D eigenvalue weighted by molar-refractivity contribution is -0.138. The highest BCUT2D eigenvalue weighted by molar-refractivity contribution is 5.63. The Kier molecular flexibility index (Phi) is 9.00. The van der Waals surface area contributed by atoms with Crippen LogP contribution in [0.25, 0.3) is 0 Å². The van der Waals surface area contributed by atoms with E-state index in [1.807, 2.05) is 62.4 Å². The van der Waals surface area contributed by atoms with Crippen molar-refractivity contribution in [3.8, 4) is 0 Å². The number of alkyl halides is 6. The number of hydrazine groups is 1. The van der Waals surface area contributed by atoms with E-state index in [1.165, 1.54) is 19.2 Å². The second-order valence-corrected chi connectivity index (χ2v) is 10.4. The average Bonchev–Trinajstić information content (AvgIpc) is 2.92. The summed E-state index contributed by atoms with van der Waals surface area (Å²) >= 11 is 0. The number of anilines is 2. The molecule has 0 unspecified atom stereocenters. The molecule has 0 amide bonds. The molecule has 1 N–H and O–H groups in total. The van der Waals surface area contributed by atoms with Gasteiger partial charge in [0.15, 0.2) is 0 Å². The lowest BCUT2D eigenvalue weighted by atomic mass is 10.00. The van der Waals surface area contributed by atoms with E-state index in [0.29, 0.717) is 36.8 Å². The zero-order chi connectivity index (χ0) is 29.8. The number of aryl methyl sites for hydroxylation is 6. The van der Waals surface area contributed by atoms with E-state index in [0.717, 1.165) is 39.4 Å². The molecule has 4 rings (SSSR count). The fourth-order valence-electron chi connectivity index (χ4n) is 4.66. The van der Waals surface area contributed by atoms with Crippen LogP contribution in [-0.2, 0) is 38.0 Å². The number of nitrogens with one attached hydrogen (secondary N) is 1. The van der Waals surface area contributed by atoms with Crippen molar-refractivity contribution in [2.24, 2.45) is 0 Å².